The number of amides is 1. The molecule has 6 rings (SSSR count). The minimum Gasteiger partial charge on any atom is -0.392 e. The molecule has 0 saturated carbocycles. The van der Waals surface area contributed by atoms with E-state index in [1.165, 1.54) is 0 Å². The van der Waals surface area contributed by atoms with Crippen molar-refractivity contribution in [3.8, 4) is 11.1 Å². The van der Waals surface area contributed by atoms with Gasteiger partial charge in [0.15, 0.2) is 10.6 Å². The summed E-state index contributed by atoms with van der Waals surface area (Å²) in [7, 11) is 0. The third kappa shape index (κ3) is 7.61. The lowest BCUT2D eigenvalue weighted by Crippen LogP contribution is -2.31. The van der Waals surface area contributed by atoms with Crippen LogP contribution in [0.1, 0.15) is 56.4 Å². The maximum Gasteiger partial charge on any atom is 0.251 e. The summed E-state index contributed by atoms with van der Waals surface area (Å²) in [6.45, 7) is 2.39. The number of ether oxygens (including phenoxy) is 2. The summed E-state index contributed by atoms with van der Waals surface area (Å²) in [5.41, 5.74) is 6.59. The summed E-state index contributed by atoms with van der Waals surface area (Å²) in [6.07, 6.45) is -0.0774. The van der Waals surface area contributed by atoms with Gasteiger partial charge in [-0.2, -0.15) is 0 Å². The molecule has 0 aliphatic carbocycles. The molecule has 7 nitrogen and oxygen atoms in total. The number of aromatic nitrogens is 2. The van der Waals surface area contributed by atoms with Crippen molar-refractivity contribution in [2.45, 2.75) is 49.3 Å². The number of carbonyl (C=O) groups is 1. The first-order chi connectivity index (χ1) is 21.5. The van der Waals surface area contributed by atoms with Gasteiger partial charge in [0.05, 0.1) is 18.8 Å². The molecule has 3 atom stereocenters. The summed E-state index contributed by atoms with van der Waals surface area (Å²) in [5.74, 6) is 0.634. The molecule has 1 aliphatic heterocycles. The molecule has 4 aromatic carbocycles. The Morgan fingerprint density at radius 2 is 1.66 bits per heavy atom. The van der Waals surface area contributed by atoms with E-state index in [0.717, 1.165) is 48.5 Å². The molecule has 5 aromatic rings. The van der Waals surface area contributed by atoms with E-state index in [1.807, 2.05) is 85.8 Å². The Labute approximate surface area is 265 Å². The Kier molecular flexibility index (Phi) is 9.80. The lowest BCUT2D eigenvalue weighted by atomic mass is 9.99. The summed E-state index contributed by atoms with van der Waals surface area (Å²) in [6, 6.07) is 33.6. The molecule has 0 spiro atoms. The topological polar surface area (TPSA) is 93.6 Å². The molecule has 1 fully saturated rings. The van der Waals surface area contributed by atoms with Crippen molar-refractivity contribution in [3.63, 3.8) is 0 Å². The number of benzene rings is 4. The van der Waals surface area contributed by atoms with Crippen LogP contribution >= 0.6 is 23.1 Å². The van der Waals surface area contributed by atoms with Crippen LogP contribution in [0.3, 0.4) is 0 Å². The first-order valence-electron chi connectivity index (χ1n) is 14.5. The van der Waals surface area contributed by atoms with Gasteiger partial charge in [0, 0.05) is 29.8 Å². The number of hydrogen-bond donors (Lipinski definition) is 2. The molecule has 1 amide bonds. The predicted molar refractivity (Wildman–Crippen MR) is 173 cm³/mol. The third-order valence-electron chi connectivity index (χ3n) is 7.42. The van der Waals surface area contributed by atoms with Crippen LogP contribution in [0.15, 0.2) is 107 Å². The average molecular weight is 624 g/mol. The highest BCUT2D eigenvalue weighted by Crippen LogP contribution is 2.40. The summed E-state index contributed by atoms with van der Waals surface area (Å²) in [5, 5.41) is 21.9. The van der Waals surface area contributed by atoms with Crippen LogP contribution in [0.25, 0.3) is 11.1 Å². The summed E-state index contributed by atoms with van der Waals surface area (Å²) in [4.78, 5) is 12.6. The van der Waals surface area contributed by atoms with E-state index < -0.39 is 6.29 Å². The second kappa shape index (κ2) is 14.3. The normalized spacial score (nSPS) is 18.2. The standard InChI is InChI=1S/C35H33N3O4S2/c1-23-37-38-35(44-23)43-22-31-19-32(26-15-13-24(21-39)14-16-26)42-34(41-31)30-12-6-11-29(18-30)28-10-5-7-25(17-28)20-36-33(40)27-8-3-2-4-9-27/h2-18,31-32,34,39H,19-22H2,1H3,(H,36,40). The number of thioether (sulfide) groups is 1. The van der Waals surface area contributed by atoms with E-state index in [-0.39, 0.29) is 24.7 Å². The summed E-state index contributed by atoms with van der Waals surface area (Å²) < 4.78 is 14.0. The van der Waals surface area contributed by atoms with Crippen molar-refractivity contribution in [3.05, 3.63) is 136 Å². The van der Waals surface area contributed by atoms with Crippen LogP contribution in [-0.4, -0.2) is 33.1 Å². The first-order valence-corrected chi connectivity index (χ1v) is 16.3. The number of nitrogens with one attached hydrogen (secondary N) is 1. The Hall–Kier alpha value is -3.86. The van der Waals surface area contributed by atoms with Gasteiger partial charge >= 0.3 is 0 Å². The van der Waals surface area contributed by atoms with E-state index >= 15 is 0 Å². The molecule has 224 valence electrons. The van der Waals surface area contributed by atoms with Crippen LogP contribution < -0.4 is 5.32 Å². The molecule has 44 heavy (non-hydrogen) atoms. The Morgan fingerprint density at radius 1 is 0.886 bits per heavy atom. The number of hydrogen-bond acceptors (Lipinski definition) is 8. The van der Waals surface area contributed by atoms with Crippen molar-refractivity contribution in [2.24, 2.45) is 0 Å². The molecular weight excluding hydrogens is 591 g/mol. The van der Waals surface area contributed by atoms with Gasteiger partial charge in [-0.05, 0) is 59.0 Å². The Bertz CT molecular complexity index is 1690. The smallest absolute Gasteiger partial charge is 0.251 e. The number of aliphatic hydroxyl groups is 1. The van der Waals surface area contributed by atoms with Gasteiger partial charge in [-0.25, -0.2) is 0 Å². The number of aliphatic hydroxyl groups excluding tert-OH is 1. The van der Waals surface area contributed by atoms with E-state index in [2.05, 4.69) is 39.8 Å². The molecule has 2 heterocycles. The average Bonchev–Trinajstić information content (AvgIpc) is 3.51. The number of aryl methyl sites for hydroxylation is 1. The Morgan fingerprint density at radius 3 is 2.41 bits per heavy atom. The second-order valence-corrected chi connectivity index (χ2v) is 13.1. The monoisotopic (exact) mass is 623 g/mol. The highest BCUT2D eigenvalue weighted by molar-refractivity contribution is 8.01. The van der Waals surface area contributed by atoms with Crippen LogP contribution in [0.4, 0.5) is 0 Å². The predicted octanol–water partition coefficient (Wildman–Crippen LogP) is 7.27. The van der Waals surface area contributed by atoms with Gasteiger partial charge in [-0.1, -0.05) is 102 Å². The van der Waals surface area contributed by atoms with Crippen LogP contribution in [0.5, 0.6) is 0 Å². The molecule has 2 N–H and O–H groups in total. The van der Waals surface area contributed by atoms with Crippen LogP contribution in [0.2, 0.25) is 0 Å². The molecular formula is C35H33N3O4S2. The summed E-state index contributed by atoms with van der Waals surface area (Å²) >= 11 is 3.24. The number of nitrogens with zero attached hydrogens (tertiary/aromatic N) is 2. The SMILES string of the molecule is Cc1nnc(SCC2CC(c3ccc(CO)cc3)OC(c3cccc(-c4cccc(CNC(=O)c5ccccc5)c4)c3)O2)s1. The number of carbonyl (C=O) groups excluding carboxylic acids is 1. The third-order valence-corrected chi connectivity index (χ3v) is 9.53. The highest BCUT2D eigenvalue weighted by atomic mass is 32.2. The van der Waals surface area contributed by atoms with Crippen molar-refractivity contribution >= 4 is 29.0 Å². The van der Waals surface area contributed by atoms with Crippen LogP contribution in [-0.2, 0) is 22.6 Å². The fourth-order valence-corrected chi connectivity index (χ4v) is 6.98. The van der Waals surface area contributed by atoms with Crippen molar-refractivity contribution in [1.29, 1.82) is 0 Å². The van der Waals surface area contributed by atoms with Gasteiger partial charge in [0.2, 0.25) is 0 Å². The lowest BCUT2D eigenvalue weighted by Gasteiger charge is -2.36. The van der Waals surface area contributed by atoms with E-state index in [4.69, 9.17) is 9.47 Å². The first kappa shape index (κ1) is 30.2. The van der Waals surface area contributed by atoms with Crippen molar-refractivity contribution in [1.82, 2.24) is 15.5 Å². The lowest BCUT2D eigenvalue weighted by molar-refractivity contribution is -0.245. The van der Waals surface area contributed by atoms with Gasteiger partial charge in [-0.3, -0.25) is 4.79 Å². The van der Waals surface area contributed by atoms with E-state index in [0.29, 0.717) is 18.5 Å². The quantitative estimate of drug-likeness (QED) is 0.158. The molecule has 1 saturated heterocycles. The second-order valence-electron chi connectivity index (χ2n) is 10.6. The number of rotatable bonds is 10. The van der Waals surface area contributed by atoms with Crippen LogP contribution in [0, 0.1) is 6.92 Å². The van der Waals surface area contributed by atoms with Gasteiger partial charge in [0.25, 0.3) is 5.91 Å². The molecule has 0 bridgehead atoms. The zero-order valence-electron chi connectivity index (χ0n) is 24.3. The Balaban J connectivity index is 1.19. The van der Waals surface area contributed by atoms with Gasteiger partial charge in [0.1, 0.15) is 5.01 Å². The van der Waals surface area contributed by atoms with Crippen molar-refractivity contribution in [2.75, 3.05) is 5.75 Å². The fourth-order valence-electron chi connectivity index (χ4n) is 5.12. The minimum absolute atomic E-state index is 0.00542. The highest BCUT2D eigenvalue weighted by Gasteiger charge is 2.32. The van der Waals surface area contributed by atoms with E-state index in [9.17, 15) is 9.90 Å². The van der Waals surface area contributed by atoms with Gasteiger partial charge in [-0.15, -0.1) is 10.2 Å². The fraction of sp³-hybridized carbons (Fsp3) is 0.229. The maximum absolute atomic E-state index is 12.6. The maximum atomic E-state index is 12.6. The zero-order chi connectivity index (χ0) is 30.3. The molecule has 1 aromatic heterocycles. The zero-order valence-corrected chi connectivity index (χ0v) is 25.9. The largest absolute Gasteiger partial charge is 0.392 e. The van der Waals surface area contributed by atoms with E-state index in [1.54, 1.807) is 23.1 Å². The van der Waals surface area contributed by atoms with Gasteiger partial charge < -0.3 is 19.9 Å². The minimum atomic E-state index is -0.554. The molecule has 3 unspecified atom stereocenters. The molecule has 0 radical (unpaired) electrons. The molecule has 1 aliphatic rings. The molecule has 9 heteroatoms. The van der Waals surface area contributed by atoms with Crippen molar-refractivity contribution < 1.29 is 19.4 Å².